The minimum Gasteiger partial charge on any atom is -0.508 e. The van der Waals surface area contributed by atoms with Gasteiger partial charge in [0.1, 0.15) is 17.3 Å². The van der Waals surface area contributed by atoms with E-state index in [1.807, 2.05) is 0 Å². The zero-order chi connectivity index (χ0) is 20.3. The van der Waals surface area contributed by atoms with E-state index in [0.29, 0.717) is 17.0 Å². The fourth-order valence-electron chi connectivity index (χ4n) is 2.73. The Bertz CT molecular complexity index is 979. The van der Waals surface area contributed by atoms with Crippen molar-refractivity contribution in [3.05, 3.63) is 77.7 Å². The molecule has 28 heavy (non-hydrogen) atoms. The maximum atomic E-state index is 13.1. The highest BCUT2D eigenvalue weighted by Gasteiger charge is 2.22. The van der Waals surface area contributed by atoms with Crippen LogP contribution in [0.5, 0.6) is 11.5 Å². The molecule has 0 spiro atoms. The smallest absolute Gasteiger partial charge is 0.262 e. The number of carbonyl (C=O) groups excluding carboxylic acids is 2. The van der Waals surface area contributed by atoms with Crippen molar-refractivity contribution in [1.29, 1.82) is 0 Å². The minimum atomic E-state index is -0.472. The Hall–Kier alpha value is -3.74. The van der Waals surface area contributed by atoms with Crippen molar-refractivity contribution in [2.24, 2.45) is 0 Å². The lowest BCUT2D eigenvalue weighted by atomic mass is 10.1. The van der Waals surface area contributed by atoms with Crippen LogP contribution in [0, 0.1) is 0 Å². The van der Waals surface area contributed by atoms with Crippen LogP contribution in [0.3, 0.4) is 0 Å². The van der Waals surface area contributed by atoms with Crippen LogP contribution >= 0.6 is 0 Å². The van der Waals surface area contributed by atoms with E-state index in [0.717, 1.165) is 6.07 Å². The highest BCUT2D eigenvalue weighted by atomic mass is 16.3. The zero-order valence-corrected chi connectivity index (χ0v) is 15.5. The predicted octanol–water partition coefficient (Wildman–Crippen LogP) is 3.24. The first-order valence-electron chi connectivity index (χ1n) is 8.55. The monoisotopic (exact) mass is 380 g/mol. The first-order chi connectivity index (χ1) is 13.4. The van der Waals surface area contributed by atoms with Crippen LogP contribution in [0.4, 0.5) is 5.69 Å². The summed E-state index contributed by atoms with van der Waals surface area (Å²) in [5, 5.41) is 19.6. The van der Waals surface area contributed by atoms with Crippen molar-refractivity contribution in [1.82, 2.24) is 4.90 Å². The molecule has 0 atom stereocenters. The molecule has 2 N–H and O–H groups in total. The molecule has 0 unspecified atom stereocenters. The molecule has 3 rings (SSSR count). The van der Waals surface area contributed by atoms with Crippen LogP contribution < -0.4 is 4.90 Å². The molecule has 7 nitrogen and oxygen atoms in total. The van der Waals surface area contributed by atoms with Crippen LogP contribution in [0.2, 0.25) is 0 Å². The first-order valence-corrected chi connectivity index (χ1v) is 8.55. The van der Waals surface area contributed by atoms with E-state index in [1.54, 1.807) is 50.5 Å². The average molecular weight is 380 g/mol. The number of furan rings is 1. The number of nitrogens with zero attached hydrogens (tertiary/aromatic N) is 2. The average Bonchev–Trinajstić information content (AvgIpc) is 3.18. The lowest BCUT2D eigenvalue weighted by Gasteiger charge is -2.23. The van der Waals surface area contributed by atoms with E-state index in [4.69, 9.17) is 4.42 Å². The molecule has 2 aromatic carbocycles. The van der Waals surface area contributed by atoms with Gasteiger partial charge in [-0.05, 0) is 48.5 Å². The van der Waals surface area contributed by atoms with E-state index in [2.05, 4.69) is 0 Å². The fourth-order valence-corrected chi connectivity index (χ4v) is 2.73. The molecule has 144 valence electrons. The molecule has 0 aliphatic carbocycles. The Morgan fingerprint density at radius 2 is 1.68 bits per heavy atom. The summed E-state index contributed by atoms with van der Waals surface area (Å²) >= 11 is 0. The Balaban J connectivity index is 1.97. The second-order valence-electron chi connectivity index (χ2n) is 6.42. The number of hydrogen-bond donors (Lipinski definition) is 2. The van der Waals surface area contributed by atoms with Crippen molar-refractivity contribution in [3.8, 4) is 11.5 Å². The van der Waals surface area contributed by atoms with Gasteiger partial charge in [0.25, 0.3) is 11.8 Å². The number of carbonyl (C=O) groups is 2. The summed E-state index contributed by atoms with van der Waals surface area (Å²) in [5.74, 6) is -0.528. The Labute approximate surface area is 162 Å². The number of anilines is 1. The molecular weight excluding hydrogens is 360 g/mol. The maximum Gasteiger partial charge on any atom is 0.262 e. The van der Waals surface area contributed by atoms with Gasteiger partial charge in [-0.2, -0.15) is 0 Å². The van der Waals surface area contributed by atoms with E-state index in [9.17, 15) is 19.8 Å². The number of rotatable bonds is 5. The Morgan fingerprint density at radius 1 is 0.964 bits per heavy atom. The molecule has 7 heteroatoms. The SMILES string of the molecule is CN(C)C(=O)c1ccc(N(Cc2ccco2)C(=O)c2ccc(O)cc2O)cc1. The lowest BCUT2D eigenvalue weighted by molar-refractivity contribution is 0.0827. The van der Waals surface area contributed by atoms with Crippen LogP contribution in [-0.2, 0) is 6.54 Å². The predicted molar refractivity (Wildman–Crippen MR) is 103 cm³/mol. The van der Waals surface area contributed by atoms with Crippen LogP contribution in [0.25, 0.3) is 0 Å². The van der Waals surface area contributed by atoms with Gasteiger partial charge < -0.3 is 24.4 Å². The minimum absolute atomic E-state index is 0.0396. The second kappa shape index (κ2) is 7.87. The van der Waals surface area contributed by atoms with Crippen LogP contribution in [-0.4, -0.2) is 41.0 Å². The number of amides is 2. The number of benzene rings is 2. The molecule has 1 heterocycles. The molecule has 2 amide bonds. The summed E-state index contributed by atoms with van der Waals surface area (Å²) in [4.78, 5) is 28.1. The number of aromatic hydroxyl groups is 2. The third kappa shape index (κ3) is 3.98. The van der Waals surface area contributed by atoms with Crippen LogP contribution in [0.15, 0.2) is 65.3 Å². The van der Waals surface area contributed by atoms with Crippen molar-refractivity contribution in [3.63, 3.8) is 0 Å². The molecule has 0 radical (unpaired) electrons. The standard InChI is InChI=1S/C21H20N2O5/c1-22(2)20(26)14-5-7-15(8-6-14)23(13-17-4-3-11-28-17)21(27)18-10-9-16(24)12-19(18)25/h3-12,24-25H,13H2,1-2H3. The van der Waals surface area contributed by atoms with Gasteiger partial charge in [-0.15, -0.1) is 0 Å². The van der Waals surface area contributed by atoms with Crippen LogP contribution in [0.1, 0.15) is 26.5 Å². The zero-order valence-electron chi connectivity index (χ0n) is 15.5. The topological polar surface area (TPSA) is 94.2 Å². The van der Waals surface area contributed by atoms with Gasteiger partial charge in [0.05, 0.1) is 18.4 Å². The van der Waals surface area contributed by atoms with Crippen molar-refractivity contribution < 1.29 is 24.2 Å². The van der Waals surface area contributed by atoms with Gasteiger partial charge in [-0.1, -0.05) is 0 Å². The normalized spacial score (nSPS) is 10.5. The quantitative estimate of drug-likeness (QED) is 0.709. The summed E-state index contributed by atoms with van der Waals surface area (Å²) in [5.41, 5.74) is 1.06. The summed E-state index contributed by atoms with van der Waals surface area (Å²) in [6, 6.07) is 13.8. The largest absolute Gasteiger partial charge is 0.508 e. The number of phenols is 2. The third-order valence-electron chi connectivity index (χ3n) is 4.18. The summed E-state index contributed by atoms with van der Waals surface area (Å²) in [6.07, 6.45) is 1.51. The van der Waals surface area contributed by atoms with E-state index < -0.39 is 5.91 Å². The van der Waals surface area contributed by atoms with Gasteiger partial charge >= 0.3 is 0 Å². The van der Waals surface area contributed by atoms with Gasteiger partial charge in [0, 0.05) is 31.4 Å². The van der Waals surface area contributed by atoms with Gasteiger partial charge in [0.15, 0.2) is 0 Å². The van der Waals surface area contributed by atoms with Gasteiger partial charge in [-0.3, -0.25) is 9.59 Å². The summed E-state index contributed by atoms with van der Waals surface area (Å²) in [7, 11) is 3.33. The maximum absolute atomic E-state index is 13.1. The number of phenolic OH excluding ortho intramolecular Hbond substituents is 2. The third-order valence-corrected chi connectivity index (χ3v) is 4.18. The molecule has 0 fully saturated rings. The fraction of sp³-hybridized carbons (Fsp3) is 0.143. The molecule has 0 aliphatic heterocycles. The van der Waals surface area contributed by atoms with Gasteiger partial charge in [0.2, 0.25) is 0 Å². The van der Waals surface area contributed by atoms with Crippen molar-refractivity contribution in [2.75, 3.05) is 19.0 Å². The molecule has 1 aromatic heterocycles. The van der Waals surface area contributed by atoms with E-state index >= 15 is 0 Å². The van der Waals surface area contributed by atoms with E-state index in [1.165, 1.54) is 28.2 Å². The van der Waals surface area contributed by atoms with Gasteiger partial charge in [-0.25, -0.2) is 0 Å². The van der Waals surface area contributed by atoms with Crippen molar-refractivity contribution in [2.45, 2.75) is 6.54 Å². The molecule has 3 aromatic rings. The summed E-state index contributed by atoms with van der Waals surface area (Å²) < 4.78 is 5.36. The van der Waals surface area contributed by atoms with E-state index in [-0.39, 0.29) is 29.5 Å². The summed E-state index contributed by atoms with van der Waals surface area (Å²) in [6.45, 7) is 0.132. The Kier molecular flexibility index (Phi) is 5.35. The molecule has 0 saturated heterocycles. The first kappa shape index (κ1) is 19.0. The Morgan fingerprint density at radius 3 is 2.25 bits per heavy atom. The second-order valence-corrected chi connectivity index (χ2v) is 6.42. The lowest BCUT2D eigenvalue weighted by Crippen LogP contribution is -2.30. The molecule has 0 aliphatic rings. The highest BCUT2D eigenvalue weighted by molar-refractivity contribution is 6.08. The van der Waals surface area contributed by atoms with Crippen molar-refractivity contribution >= 4 is 17.5 Å². The molecule has 0 saturated carbocycles. The number of hydrogen-bond acceptors (Lipinski definition) is 5. The molecular formula is C21H20N2O5. The molecule has 0 bridgehead atoms. The highest BCUT2D eigenvalue weighted by Crippen LogP contribution is 2.27.